The van der Waals surface area contributed by atoms with Crippen LogP contribution in [-0.2, 0) is 5.92 Å². The van der Waals surface area contributed by atoms with Crippen LogP contribution in [0.3, 0.4) is 0 Å². The van der Waals surface area contributed by atoms with Gasteiger partial charge >= 0.3 is 0 Å². The van der Waals surface area contributed by atoms with E-state index in [-0.39, 0.29) is 11.1 Å². The van der Waals surface area contributed by atoms with Crippen LogP contribution in [-0.4, -0.2) is 0 Å². The van der Waals surface area contributed by atoms with Gasteiger partial charge in [0.15, 0.2) is 0 Å². The molecule has 2 aromatic carbocycles. The Hall–Kier alpha value is -1.90. The fourth-order valence-electron chi connectivity index (χ4n) is 1.77. The molecule has 0 aliphatic rings. The van der Waals surface area contributed by atoms with E-state index in [0.717, 1.165) is 0 Å². The molecule has 0 spiro atoms. The Morgan fingerprint density at radius 2 is 1.53 bits per heavy atom. The van der Waals surface area contributed by atoms with Crippen LogP contribution in [0.2, 0.25) is 0 Å². The van der Waals surface area contributed by atoms with Crippen molar-refractivity contribution in [3.05, 3.63) is 65.2 Å². The molecule has 2 rings (SSSR count). The van der Waals surface area contributed by atoms with Crippen molar-refractivity contribution in [1.82, 2.24) is 0 Å². The van der Waals surface area contributed by atoms with Crippen LogP contribution >= 0.6 is 0 Å². The standard InChI is InChI=1S/C14H13F2N/c1-10-4-2-3-5-13(10)14(15,16)11-6-8-12(17)9-7-11/h2-9H,17H2,1H3. The predicted molar refractivity (Wildman–Crippen MR) is 65.0 cm³/mol. The van der Waals surface area contributed by atoms with Gasteiger partial charge in [0.2, 0.25) is 0 Å². The quantitative estimate of drug-likeness (QED) is 0.786. The maximum Gasteiger partial charge on any atom is 0.298 e. The van der Waals surface area contributed by atoms with Crippen molar-refractivity contribution in [2.45, 2.75) is 12.8 Å². The van der Waals surface area contributed by atoms with Crippen molar-refractivity contribution in [2.24, 2.45) is 0 Å². The first-order valence-electron chi connectivity index (χ1n) is 5.32. The van der Waals surface area contributed by atoms with E-state index < -0.39 is 5.92 Å². The second-order valence-electron chi connectivity index (χ2n) is 4.01. The molecule has 0 aliphatic carbocycles. The molecule has 17 heavy (non-hydrogen) atoms. The van der Waals surface area contributed by atoms with E-state index in [1.807, 2.05) is 0 Å². The summed E-state index contributed by atoms with van der Waals surface area (Å²) in [4.78, 5) is 0. The second kappa shape index (κ2) is 4.17. The van der Waals surface area contributed by atoms with E-state index in [0.29, 0.717) is 11.3 Å². The van der Waals surface area contributed by atoms with Gasteiger partial charge in [-0.25, -0.2) is 0 Å². The molecular weight excluding hydrogens is 220 g/mol. The average molecular weight is 233 g/mol. The van der Waals surface area contributed by atoms with Gasteiger partial charge in [0, 0.05) is 16.8 Å². The lowest BCUT2D eigenvalue weighted by Crippen LogP contribution is -2.16. The fourth-order valence-corrected chi connectivity index (χ4v) is 1.77. The lowest BCUT2D eigenvalue weighted by Gasteiger charge is -2.19. The zero-order chi connectivity index (χ0) is 12.5. The van der Waals surface area contributed by atoms with Gasteiger partial charge in [-0.05, 0) is 24.6 Å². The Kier molecular flexibility index (Phi) is 2.84. The SMILES string of the molecule is Cc1ccccc1C(F)(F)c1ccc(N)cc1. The molecule has 0 aromatic heterocycles. The summed E-state index contributed by atoms with van der Waals surface area (Å²) in [6, 6.07) is 12.2. The minimum Gasteiger partial charge on any atom is -0.399 e. The molecule has 0 aliphatic heterocycles. The highest BCUT2D eigenvalue weighted by Crippen LogP contribution is 2.37. The summed E-state index contributed by atoms with van der Waals surface area (Å²) in [6.07, 6.45) is 0. The summed E-state index contributed by atoms with van der Waals surface area (Å²) in [5.74, 6) is -2.99. The molecule has 0 bridgehead atoms. The van der Waals surface area contributed by atoms with Gasteiger partial charge in [-0.2, -0.15) is 8.78 Å². The molecule has 3 heteroatoms. The van der Waals surface area contributed by atoms with Crippen molar-refractivity contribution in [2.75, 3.05) is 5.73 Å². The normalized spacial score (nSPS) is 11.5. The number of benzene rings is 2. The summed E-state index contributed by atoms with van der Waals surface area (Å²) in [7, 11) is 0. The highest BCUT2D eigenvalue weighted by Gasteiger charge is 2.34. The second-order valence-corrected chi connectivity index (χ2v) is 4.01. The third-order valence-corrected chi connectivity index (χ3v) is 2.76. The number of alkyl halides is 2. The number of halogens is 2. The molecular formula is C14H13F2N. The smallest absolute Gasteiger partial charge is 0.298 e. The van der Waals surface area contributed by atoms with Crippen LogP contribution in [0, 0.1) is 6.92 Å². The van der Waals surface area contributed by atoms with Gasteiger partial charge in [0.05, 0.1) is 0 Å². The predicted octanol–water partition coefficient (Wildman–Crippen LogP) is 3.72. The number of nitrogen functional groups attached to an aromatic ring is 1. The van der Waals surface area contributed by atoms with Gasteiger partial charge in [0.1, 0.15) is 0 Å². The van der Waals surface area contributed by atoms with Crippen LogP contribution in [0.15, 0.2) is 48.5 Å². The van der Waals surface area contributed by atoms with Gasteiger partial charge < -0.3 is 5.73 Å². The first-order valence-corrected chi connectivity index (χ1v) is 5.32. The zero-order valence-electron chi connectivity index (χ0n) is 9.45. The molecule has 0 amide bonds. The summed E-state index contributed by atoms with van der Waals surface area (Å²) >= 11 is 0. The molecule has 1 nitrogen and oxygen atoms in total. The van der Waals surface area contributed by atoms with Crippen molar-refractivity contribution in [1.29, 1.82) is 0 Å². The van der Waals surface area contributed by atoms with Crippen LogP contribution in [0.25, 0.3) is 0 Å². The minimum absolute atomic E-state index is 0.0322. The largest absolute Gasteiger partial charge is 0.399 e. The maximum absolute atomic E-state index is 14.2. The molecule has 88 valence electrons. The molecule has 0 radical (unpaired) electrons. The Morgan fingerprint density at radius 3 is 2.12 bits per heavy atom. The molecule has 0 fully saturated rings. The van der Waals surface area contributed by atoms with Gasteiger partial charge in [-0.3, -0.25) is 0 Å². The number of rotatable bonds is 2. The van der Waals surface area contributed by atoms with Crippen LogP contribution in [0.1, 0.15) is 16.7 Å². The van der Waals surface area contributed by atoms with Gasteiger partial charge in [0.25, 0.3) is 5.92 Å². The minimum atomic E-state index is -2.99. The lowest BCUT2D eigenvalue weighted by molar-refractivity contribution is 0.0422. The molecule has 2 aromatic rings. The van der Waals surface area contributed by atoms with Crippen molar-refractivity contribution in [3.63, 3.8) is 0 Å². The van der Waals surface area contributed by atoms with Crippen molar-refractivity contribution >= 4 is 5.69 Å². The molecule has 0 saturated carbocycles. The highest BCUT2D eigenvalue weighted by molar-refractivity contribution is 5.44. The van der Waals surface area contributed by atoms with Crippen molar-refractivity contribution in [3.8, 4) is 0 Å². The van der Waals surface area contributed by atoms with Gasteiger partial charge in [-0.15, -0.1) is 0 Å². The monoisotopic (exact) mass is 233 g/mol. The summed E-state index contributed by atoms with van der Waals surface area (Å²) in [5, 5.41) is 0. The fraction of sp³-hybridized carbons (Fsp3) is 0.143. The summed E-state index contributed by atoms with van der Waals surface area (Å²) < 4.78 is 28.5. The molecule has 0 unspecified atom stereocenters. The molecule has 0 heterocycles. The van der Waals surface area contributed by atoms with E-state index in [2.05, 4.69) is 0 Å². The zero-order valence-corrected chi connectivity index (χ0v) is 9.45. The van der Waals surface area contributed by atoms with Crippen molar-refractivity contribution < 1.29 is 8.78 Å². The highest BCUT2D eigenvalue weighted by atomic mass is 19.3. The molecule has 0 saturated heterocycles. The topological polar surface area (TPSA) is 26.0 Å². The number of anilines is 1. The Bertz CT molecular complexity index is 518. The van der Waals surface area contributed by atoms with E-state index in [1.54, 1.807) is 25.1 Å². The average Bonchev–Trinajstić information content (AvgIpc) is 2.30. The van der Waals surface area contributed by atoms with E-state index in [4.69, 9.17) is 5.73 Å². The number of aryl methyl sites for hydroxylation is 1. The number of hydrogen-bond donors (Lipinski definition) is 1. The first kappa shape index (κ1) is 11.6. The van der Waals surface area contributed by atoms with Crippen LogP contribution in [0.5, 0.6) is 0 Å². The maximum atomic E-state index is 14.2. The molecule has 2 N–H and O–H groups in total. The third kappa shape index (κ3) is 2.13. The summed E-state index contributed by atoms with van der Waals surface area (Å²) in [6.45, 7) is 1.68. The van der Waals surface area contributed by atoms with Crippen LogP contribution < -0.4 is 5.73 Å². The Labute approximate surface area is 98.9 Å². The Balaban J connectivity index is 2.49. The lowest BCUT2D eigenvalue weighted by atomic mass is 9.96. The number of hydrogen-bond acceptors (Lipinski definition) is 1. The van der Waals surface area contributed by atoms with Crippen LogP contribution in [0.4, 0.5) is 14.5 Å². The molecule has 0 atom stereocenters. The number of nitrogens with two attached hydrogens (primary N) is 1. The van der Waals surface area contributed by atoms with E-state index >= 15 is 0 Å². The van der Waals surface area contributed by atoms with Gasteiger partial charge in [-0.1, -0.05) is 36.4 Å². The Morgan fingerprint density at radius 1 is 0.941 bits per heavy atom. The first-order chi connectivity index (χ1) is 8.01. The third-order valence-electron chi connectivity index (χ3n) is 2.76. The summed E-state index contributed by atoms with van der Waals surface area (Å²) in [5.41, 5.74) is 6.54. The van der Waals surface area contributed by atoms with E-state index in [9.17, 15) is 8.78 Å². The van der Waals surface area contributed by atoms with E-state index in [1.165, 1.54) is 30.3 Å².